The maximum Gasteiger partial charge on any atom is 2.00 e. The monoisotopic (exact) mass is 1620 g/mol. The summed E-state index contributed by atoms with van der Waals surface area (Å²) in [5.74, 6) is 4.98. The Bertz CT molecular complexity index is 3600. The van der Waals surface area contributed by atoms with Crippen molar-refractivity contribution >= 4 is 73.0 Å². The molecular formula is C71H63BrClN14Pt2+. The van der Waals surface area contributed by atoms with Gasteiger partial charge in [-0.15, -0.1) is 17.0 Å². The minimum Gasteiger partial charge on any atom is -0.357 e. The van der Waals surface area contributed by atoms with Crippen LogP contribution < -0.4 is 4.57 Å². The van der Waals surface area contributed by atoms with E-state index < -0.39 is 0 Å². The number of aliphatic imine (C=N–C) groups is 4. The maximum atomic E-state index is 4.61. The zero-order chi connectivity index (χ0) is 58.8. The Labute approximate surface area is 561 Å². The molecule has 0 aliphatic carbocycles. The van der Waals surface area contributed by atoms with Crippen molar-refractivity contribution in [2.24, 2.45) is 20.0 Å². The molecule has 18 heteroatoms. The van der Waals surface area contributed by atoms with E-state index in [9.17, 15) is 0 Å². The van der Waals surface area contributed by atoms with Gasteiger partial charge < -0.3 is 40.4 Å². The zero-order valence-electron chi connectivity index (χ0n) is 47.4. The van der Waals surface area contributed by atoms with Gasteiger partial charge in [-0.25, -0.2) is 9.13 Å². The normalized spacial score (nSPS) is 13.8. The number of hydrogen-bond acceptors (Lipinski definition) is 10. The molecule has 89 heavy (non-hydrogen) atoms. The van der Waals surface area contributed by atoms with E-state index in [4.69, 9.17) is 0 Å². The van der Waals surface area contributed by atoms with E-state index in [0.717, 1.165) is 48.4 Å². The fraction of sp³-hybridized carbons (Fsp3) is 0.0704. The largest absolute Gasteiger partial charge is 2.00 e. The second-order valence-electron chi connectivity index (χ2n) is 19.3. The first-order valence-electron chi connectivity index (χ1n) is 27.6. The van der Waals surface area contributed by atoms with E-state index in [-0.39, 0.29) is 45.5 Å². The third-order valence-corrected chi connectivity index (χ3v) is 13.0. The van der Waals surface area contributed by atoms with E-state index in [0.29, 0.717) is 46.6 Å². The van der Waals surface area contributed by atoms with Crippen LogP contribution in [0.15, 0.2) is 319 Å². The smallest absolute Gasteiger partial charge is 0.357 e. The summed E-state index contributed by atoms with van der Waals surface area (Å²) < 4.78 is 4.41. The molecule has 11 aromatic rings. The van der Waals surface area contributed by atoms with Gasteiger partial charge in [0, 0.05) is 61.2 Å². The molecule has 0 unspecified atom stereocenters. The molecule has 5 aromatic heterocycles. The van der Waals surface area contributed by atoms with Gasteiger partial charge in [0.1, 0.15) is 25.5 Å². The molecule has 450 valence electrons. The Morgan fingerprint density at radius 1 is 0.393 bits per heavy atom. The SMILES string of the molecule is Br.C.C1=CN(Cc2ccccc2)[CH-]N1Cc1ccccc1.[Cl][Pt+].[Pt+2].c1ccc(Cn2cc[n+](Cc3ccccc3)c2)cc1.c1ccc(N=C2[N-]C(=Nc3ccccn3)c3ccccc32)nc1.c1ccc(N=C2[N-]C(=Nc3ccccn3)c3ccccc32)nc1. The zero-order valence-corrected chi connectivity index (χ0v) is 54.4. The number of rotatable bonds is 12. The van der Waals surface area contributed by atoms with E-state index in [1.165, 1.54) is 22.3 Å². The van der Waals surface area contributed by atoms with E-state index in [1.807, 2.05) is 121 Å². The summed E-state index contributed by atoms with van der Waals surface area (Å²) in [6, 6.07) is 80.3. The van der Waals surface area contributed by atoms with Crippen molar-refractivity contribution < 1.29 is 44.4 Å². The first-order valence-corrected chi connectivity index (χ1v) is 30.4. The second-order valence-corrected chi connectivity index (χ2v) is 19.3. The number of benzene rings is 6. The van der Waals surface area contributed by atoms with Gasteiger partial charge in [0.25, 0.3) is 0 Å². The summed E-state index contributed by atoms with van der Waals surface area (Å²) in [7, 11) is 4.61. The third-order valence-electron chi connectivity index (χ3n) is 13.0. The minimum absolute atomic E-state index is 0. The Morgan fingerprint density at radius 3 is 1.00 bits per heavy atom. The third kappa shape index (κ3) is 20.5. The standard InChI is InChI=1S/2C18H12N5.2C17H17N2.CH4.BrH.ClH.2Pt/c2*1-2-8-14-13(7-1)17(21-15-9-3-5-11-19-15)23-18(14)22-16-10-4-6-12-20-16;2*1-3-7-16(8-4-1)13-18-11-12-19(15-18)14-17-9-5-2-6-10-17;;;;;/h2*1-12H;2*1-12,15H,13-14H2;1H4;2*1H;;/q3*-1;+1;;;;2*+2/p-1. The number of halogens is 2. The summed E-state index contributed by atoms with van der Waals surface area (Å²) in [6.45, 7) is 5.83. The fourth-order valence-corrected chi connectivity index (χ4v) is 9.07. The van der Waals surface area contributed by atoms with Crippen LogP contribution in [0.5, 0.6) is 0 Å². The van der Waals surface area contributed by atoms with Gasteiger partial charge >= 0.3 is 49.3 Å². The number of amidine groups is 4. The van der Waals surface area contributed by atoms with Crippen LogP contribution in [0, 0.1) is 6.67 Å². The summed E-state index contributed by atoms with van der Waals surface area (Å²) >= 11 is 1.61. The summed E-state index contributed by atoms with van der Waals surface area (Å²) in [5.41, 5.74) is 9.10. The van der Waals surface area contributed by atoms with Crippen molar-refractivity contribution in [3.05, 3.63) is 360 Å². The molecule has 0 radical (unpaired) electrons. The predicted molar refractivity (Wildman–Crippen MR) is 357 cm³/mol. The molecule has 0 saturated carbocycles. The van der Waals surface area contributed by atoms with Gasteiger partial charge in [-0.3, -0.25) is 19.9 Å². The van der Waals surface area contributed by atoms with Crippen LogP contribution in [0.2, 0.25) is 0 Å². The van der Waals surface area contributed by atoms with Crippen LogP contribution in [-0.4, -0.2) is 57.6 Å². The molecule has 3 aliphatic heterocycles. The van der Waals surface area contributed by atoms with Gasteiger partial charge in [0.2, 0.25) is 6.33 Å². The van der Waals surface area contributed by atoms with Crippen LogP contribution in [-0.2, 0) is 66.0 Å². The molecule has 0 N–H and O–H groups in total. The fourth-order valence-electron chi connectivity index (χ4n) is 9.07. The molecule has 0 bridgehead atoms. The number of hydrogen-bond donors (Lipinski definition) is 0. The second kappa shape index (κ2) is 36.3. The predicted octanol–water partition coefficient (Wildman–Crippen LogP) is 16.4. The summed E-state index contributed by atoms with van der Waals surface area (Å²) in [6.07, 6.45) is 17.5. The van der Waals surface area contributed by atoms with Crippen molar-refractivity contribution in [1.29, 1.82) is 0 Å². The Kier molecular flexibility index (Phi) is 27.5. The molecule has 0 amide bonds. The van der Waals surface area contributed by atoms with Gasteiger partial charge in [0.05, 0.1) is 23.3 Å². The van der Waals surface area contributed by atoms with Gasteiger partial charge in [-0.2, -0.15) is 6.67 Å². The molecule has 6 aromatic carbocycles. The molecule has 0 spiro atoms. The van der Waals surface area contributed by atoms with E-state index in [2.05, 4.69) is 238 Å². The van der Waals surface area contributed by atoms with Crippen molar-refractivity contribution in [2.45, 2.75) is 33.6 Å². The topological polar surface area (TPSA) is 144 Å². The molecule has 14 nitrogen and oxygen atoms in total. The molecule has 0 saturated heterocycles. The van der Waals surface area contributed by atoms with Gasteiger partial charge in [0.15, 0.2) is 0 Å². The summed E-state index contributed by atoms with van der Waals surface area (Å²) in [5, 5.41) is 9.13. The van der Waals surface area contributed by atoms with Crippen LogP contribution in [0.25, 0.3) is 10.6 Å². The average molecular weight is 1620 g/mol. The van der Waals surface area contributed by atoms with Gasteiger partial charge in [-0.05, 0) is 105 Å². The minimum atomic E-state index is 0. The molecule has 3 aliphatic rings. The van der Waals surface area contributed by atoms with Crippen molar-refractivity contribution in [1.82, 2.24) is 34.3 Å². The molecule has 14 rings (SSSR count). The number of imidazole rings is 1. The molecule has 0 atom stereocenters. The quantitative estimate of drug-likeness (QED) is 0.0880. The number of pyridine rings is 4. The molecular weight excluding hydrogens is 1550 g/mol. The Morgan fingerprint density at radius 2 is 0.685 bits per heavy atom. The van der Waals surface area contributed by atoms with Crippen molar-refractivity contribution in [3.8, 4) is 0 Å². The van der Waals surface area contributed by atoms with E-state index in [1.54, 1.807) is 43.6 Å². The van der Waals surface area contributed by atoms with Crippen molar-refractivity contribution in [3.63, 3.8) is 0 Å². The van der Waals surface area contributed by atoms with Crippen LogP contribution in [0.4, 0.5) is 23.3 Å². The molecule has 0 fully saturated rings. The number of fused-ring (bicyclic) bond motifs is 2. The van der Waals surface area contributed by atoms with Crippen LogP contribution in [0.1, 0.15) is 51.9 Å². The Hall–Kier alpha value is -9.10. The first-order chi connectivity index (χ1) is 42.6. The van der Waals surface area contributed by atoms with Crippen molar-refractivity contribution in [2.75, 3.05) is 0 Å². The average Bonchev–Trinajstić information content (AvgIpc) is 2.42. The maximum absolute atomic E-state index is 4.61. The van der Waals surface area contributed by atoms with Crippen LogP contribution in [0.3, 0.4) is 0 Å². The van der Waals surface area contributed by atoms with Crippen LogP contribution >= 0.6 is 26.4 Å². The number of nitrogens with zero attached hydrogens (tertiary/aromatic N) is 14. The molecule has 8 heterocycles. The van der Waals surface area contributed by atoms with Gasteiger partial charge in [-0.1, -0.05) is 202 Å². The van der Waals surface area contributed by atoms with E-state index >= 15 is 0 Å². The first kappa shape index (κ1) is 67.4. The summed E-state index contributed by atoms with van der Waals surface area (Å²) in [4.78, 5) is 39.4. The Balaban J connectivity index is 0.000000166. The number of aromatic nitrogens is 6.